The number of nitrogens with zero attached hydrogens (tertiary/aromatic N) is 3. The first-order valence-electron chi connectivity index (χ1n) is 10.2. The molecule has 0 radical (unpaired) electrons. The number of aryl methyl sites for hydroxylation is 3. The summed E-state index contributed by atoms with van der Waals surface area (Å²) in [5.74, 6) is -1.22. The van der Waals surface area contributed by atoms with Gasteiger partial charge in [0, 0.05) is 11.1 Å². The number of azo groups is 1. The molecule has 0 aliphatic heterocycles. The van der Waals surface area contributed by atoms with Crippen LogP contribution in [0.5, 0.6) is 5.75 Å². The molecule has 4 rings (SSSR count). The average molecular weight is 442 g/mol. The summed E-state index contributed by atoms with van der Waals surface area (Å²) in [4.78, 5) is 24.9. The molecule has 0 spiro atoms. The molecule has 0 aliphatic carbocycles. The molecule has 0 amide bonds. The van der Waals surface area contributed by atoms with Crippen molar-refractivity contribution in [3.8, 4) is 22.6 Å². The van der Waals surface area contributed by atoms with Gasteiger partial charge in [0.05, 0.1) is 16.9 Å². The van der Waals surface area contributed by atoms with Gasteiger partial charge >= 0.3 is 5.97 Å². The number of rotatable bonds is 5. The Balaban J connectivity index is 1.84. The van der Waals surface area contributed by atoms with Crippen LogP contribution in [0.2, 0.25) is 0 Å². The number of nitrogens with one attached hydrogen (secondary N) is 1. The van der Waals surface area contributed by atoms with Crippen molar-refractivity contribution in [3.63, 3.8) is 0 Å². The van der Waals surface area contributed by atoms with Gasteiger partial charge in [-0.15, -0.1) is 10.2 Å². The minimum atomic E-state index is -1.19. The number of aromatic amines is 1. The molecule has 0 saturated carbocycles. The molecular formula is C25H22N4O4. The van der Waals surface area contributed by atoms with E-state index in [1.807, 2.05) is 32.0 Å². The molecule has 0 unspecified atom stereocenters. The van der Waals surface area contributed by atoms with E-state index in [9.17, 15) is 19.8 Å². The molecular weight excluding hydrogens is 420 g/mol. The van der Waals surface area contributed by atoms with Gasteiger partial charge in [-0.25, -0.2) is 9.48 Å². The summed E-state index contributed by atoms with van der Waals surface area (Å²) in [6.07, 6.45) is 0. The van der Waals surface area contributed by atoms with Crippen molar-refractivity contribution in [1.29, 1.82) is 0 Å². The topological polar surface area (TPSA) is 120 Å². The van der Waals surface area contributed by atoms with E-state index >= 15 is 0 Å². The first-order chi connectivity index (χ1) is 15.8. The Bertz CT molecular complexity index is 1460. The second kappa shape index (κ2) is 8.58. The average Bonchev–Trinajstić information content (AvgIpc) is 3.07. The number of para-hydroxylation sites is 1. The summed E-state index contributed by atoms with van der Waals surface area (Å²) in [6.45, 7) is 5.65. The number of hydrogen-bond donors (Lipinski definition) is 3. The monoisotopic (exact) mass is 442 g/mol. The van der Waals surface area contributed by atoms with E-state index in [1.54, 1.807) is 37.3 Å². The van der Waals surface area contributed by atoms with Gasteiger partial charge in [-0.3, -0.25) is 9.89 Å². The van der Waals surface area contributed by atoms with E-state index in [0.717, 1.165) is 11.1 Å². The number of phenolic OH excluding ortho intramolecular Hbond substituents is 1. The summed E-state index contributed by atoms with van der Waals surface area (Å²) >= 11 is 0. The third-order valence-electron chi connectivity index (χ3n) is 5.50. The third kappa shape index (κ3) is 4.06. The highest BCUT2D eigenvalue weighted by molar-refractivity contribution is 5.98. The molecule has 0 atom stereocenters. The first kappa shape index (κ1) is 21.8. The van der Waals surface area contributed by atoms with Crippen LogP contribution in [0, 0.1) is 20.8 Å². The fourth-order valence-corrected chi connectivity index (χ4v) is 3.54. The van der Waals surface area contributed by atoms with Crippen LogP contribution in [0.4, 0.5) is 11.4 Å². The molecule has 8 heteroatoms. The summed E-state index contributed by atoms with van der Waals surface area (Å²) in [6, 6.07) is 16.8. The van der Waals surface area contributed by atoms with Gasteiger partial charge in [0.1, 0.15) is 11.4 Å². The van der Waals surface area contributed by atoms with Crippen molar-refractivity contribution in [2.75, 3.05) is 0 Å². The predicted octanol–water partition coefficient (Wildman–Crippen LogP) is 5.58. The summed E-state index contributed by atoms with van der Waals surface area (Å²) < 4.78 is 1.38. The number of benzene rings is 3. The predicted molar refractivity (Wildman–Crippen MR) is 125 cm³/mol. The number of aromatic nitrogens is 2. The Kier molecular flexibility index (Phi) is 5.66. The molecule has 0 saturated heterocycles. The number of H-pyrrole nitrogens is 1. The van der Waals surface area contributed by atoms with Crippen LogP contribution in [-0.2, 0) is 0 Å². The van der Waals surface area contributed by atoms with Gasteiger partial charge in [0.15, 0.2) is 5.69 Å². The lowest BCUT2D eigenvalue weighted by atomic mass is 9.99. The lowest BCUT2D eigenvalue weighted by molar-refractivity contribution is 0.0697. The van der Waals surface area contributed by atoms with E-state index in [4.69, 9.17) is 0 Å². The maximum Gasteiger partial charge on any atom is 0.337 e. The number of hydrogen-bond acceptors (Lipinski definition) is 5. The molecule has 3 aromatic carbocycles. The smallest absolute Gasteiger partial charge is 0.337 e. The summed E-state index contributed by atoms with van der Waals surface area (Å²) in [5.41, 5.74) is 3.70. The molecule has 33 heavy (non-hydrogen) atoms. The fraction of sp³-hybridized carbons (Fsp3) is 0.120. The molecule has 8 nitrogen and oxygen atoms in total. The fourth-order valence-electron chi connectivity index (χ4n) is 3.54. The number of carbonyl (C=O) groups is 1. The zero-order valence-electron chi connectivity index (χ0n) is 18.3. The van der Waals surface area contributed by atoms with Gasteiger partial charge < -0.3 is 10.2 Å². The van der Waals surface area contributed by atoms with Crippen molar-refractivity contribution in [2.45, 2.75) is 20.8 Å². The Morgan fingerprint density at radius 1 is 0.879 bits per heavy atom. The van der Waals surface area contributed by atoms with Crippen LogP contribution >= 0.6 is 0 Å². The standard InChI is InChI=1S/C25H22N4O4/c1-14-11-12-17(13-15(14)2)29-24(31)22(16(3)28-29)26-27-23-19(8-6-9-20(23)25(32)33)18-7-4-5-10-21(18)30/h4-13,28,30H,1-3H3,(H,32,33). The zero-order chi connectivity index (χ0) is 23.7. The summed E-state index contributed by atoms with van der Waals surface area (Å²) in [5, 5.41) is 31.3. The highest BCUT2D eigenvalue weighted by Crippen LogP contribution is 2.38. The van der Waals surface area contributed by atoms with Crippen molar-refractivity contribution in [3.05, 3.63) is 93.4 Å². The molecule has 0 aliphatic rings. The Labute approximate surface area is 189 Å². The SMILES string of the molecule is Cc1ccc(-n2[nH]c(C)c(N=Nc3c(C(=O)O)cccc3-c3ccccc3O)c2=O)cc1C. The normalized spacial score (nSPS) is 11.2. The molecule has 4 aromatic rings. The van der Waals surface area contributed by atoms with Gasteiger partial charge in [-0.2, -0.15) is 0 Å². The minimum absolute atomic E-state index is 0.0218. The lowest BCUT2D eigenvalue weighted by Crippen LogP contribution is -2.14. The van der Waals surface area contributed by atoms with Crippen LogP contribution in [-0.4, -0.2) is 26.0 Å². The number of aromatic carboxylic acids is 1. The van der Waals surface area contributed by atoms with E-state index in [1.165, 1.54) is 16.8 Å². The van der Waals surface area contributed by atoms with Crippen molar-refractivity contribution in [2.24, 2.45) is 10.2 Å². The highest BCUT2D eigenvalue weighted by atomic mass is 16.4. The Morgan fingerprint density at radius 2 is 1.58 bits per heavy atom. The van der Waals surface area contributed by atoms with Gasteiger partial charge in [0.25, 0.3) is 5.56 Å². The lowest BCUT2D eigenvalue weighted by Gasteiger charge is -2.09. The van der Waals surface area contributed by atoms with Crippen LogP contribution in [0.3, 0.4) is 0 Å². The number of aromatic hydroxyl groups is 1. The highest BCUT2D eigenvalue weighted by Gasteiger charge is 2.18. The van der Waals surface area contributed by atoms with E-state index in [0.29, 0.717) is 22.5 Å². The van der Waals surface area contributed by atoms with Crippen molar-refractivity contribution >= 4 is 17.3 Å². The molecule has 0 bridgehead atoms. The zero-order valence-corrected chi connectivity index (χ0v) is 18.3. The molecule has 3 N–H and O–H groups in total. The van der Waals surface area contributed by atoms with Crippen molar-refractivity contribution in [1.82, 2.24) is 9.78 Å². The van der Waals surface area contributed by atoms with Crippen LogP contribution in [0.1, 0.15) is 27.2 Å². The van der Waals surface area contributed by atoms with E-state index in [-0.39, 0.29) is 22.7 Å². The molecule has 166 valence electrons. The quantitative estimate of drug-likeness (QED) is 0.350. The van der Waals surface area contributed by atoms with Crippen LogP contribution in [0.15, 0.2) is 75.7 Å². The van der Waals surface area contributed by atoms with Crippen LogP contribution < -0.4 is 5.56 Å². The van der Waals surface area contributed by atoms with Gasteiger partial charge in [-0.1, -0.05) is 36.4 Å². The second-order valence-electron chi connectivity index (χ2n) is 7.72. The number of phenols is 1. The maximum absolute atomic E-state index is 13.1. The van der Waals surface area contributed by atoms with Gasteiger partial charge in [-0.05, 0) is 56.2 Å². The molecule has 0 fully saturated rings. The van der Waals surface area contributed by atoms with Crippen molar-refractivity contribution < 1.29 is 15.0 Å². The second-order valence-corrected chi connectivity index (χ2v) is 7.72. The van der Waals surface area contributed by atoms with E-state index in [2.05, 4.69) is 15.3 Å². The van der Waals surface area contributed by atoms with Gasteiger partial charge in [0.2, 0.25) is 0 Å². The Hall–Kier alpha value is -4.46. The number of carboxylic acids is 1. The molecule has 1 aromatic heterocycles. The summed E-state index contributed by atoms with van der Waals surface area (Å²) in [7, 11) is 0. The third-order valence-corrected chi connectivity index (χ3v) is 5.50. The number of carboxylic acid groups (broad SMARTS) is 1. The first-order valence-corrected chi connectivity index (χ1v) is 10.2. The Morgan fingerprint density at radius 3 is 2.27 bits per heavy atom. The molecule has 1 heterocycles. The van der Waals surface area contributed by atoms with Crippen LogP contribution in [0.25, 0.3) is 16.8 Å². The largest absolute Gasteiger partial charge is 0.507 e. The maximum atomic E-state index is 13.1. The van der Waals surface area contributed by atoms with E-state index < -0.39 is 11.5 Å². The minimum Gasteiger partial charge on any atom is -0.507 e.